The number of aromatic amines is 1. The van der Waals surface area contributed by atoms with E-state index in [9.17, 15) is 18.8 Å². The summed E-state index contributed by atoms with van der Waals surface area (Å²) in [5.41, 5.74) is 8.95. The van der Waals surface area contributed by atoms with Gasteiger partial charge in [0.15, 0.2) is 0 Å². The molecule has 2 aromatic carbocycles. The summed E-state index contributed by atoms with van der Waals surface area (Å²) in [5, 5.41) is 5.40. The highest BCUT2D eigenvalue weighted by Gasteiger charge is 2.32. The zero-order valence-electron chi connectivity index (χ0n) is 19.7. The number of anilines is 1. The molecule has 10 nitrogen and oxygen atoms in total. The van der Waals surface area contributed by atoms with Gasteiger partial charge in [-0.2, -0.15) is 0 Å². The van der Waals surface area contributed by atoms with E-state index in [1.54, 1.807) is 42.6 Å². The molecule has 1 fully saturated rings. The number of amides is 3. The van der Waals surface area contributed by atoms with Crippen molar-refractivity contribution in [2.24, 2.45) is 5.73 Å². The third-order valence-electron chi connectivity index (χ3n) is 5.78. The van der Waals surface area contributed by atoms with Crippen molar-refractivity contribution >= 4 is 23.6 Å². The molecule has 0 aliphatic carbocycles. The van der Waals surface area contributed by atoms with E-state index in [0.717, 1.165) is 11.3 Å². The van der Waals surface area contributed by atoms with Gasteiger partial charge in [0.25, 0.3) is 0 Å². The molecular formula is C25H27FN6O4. The Morgan fingerprint density at radius 1 is 1.25 bits per heavy atom. The van der Waals surface area contributed by atoms with E-state index in [1.807, 2.05) is 0 Å². The van der Waals surface area contributed by atoms with Gasteiger partial charge in [-0.3, -0.25) is 14.5 Å². The highest BCUT2D eigenvalue weighted by molar-refractivity contribution is 5.90. The van der Waals surface area contributed by atoms with Gasteiger partial charge in [0, 0.05) is 37.3 Å². The van der Waals surface area contributed by atoms with Crippen molar-refractivity contribution in [3.8, 4) is 11.1 Å². The van der Waals surface area contributed by atoms with Crippen LogP contribution in [0.2, 0.25) is 0 Å². The first-order valence-electron chi connectivity index (χ1n) is 11.4. The summed E-state index contributed by atoms with van der Waals surface area (Å²) in [7, 11) is 0. The zero-order valence-corrected chi connectivity index (χ0v) is 19.7. The van der Waals surface area contributed by atoms with Crippen molar-refractivity contribution < 1.29 is 23.5 Å². The molecule has 4 rings (SSSR count). The van der Waals surface area contributed by atoms with Gasteiger partial charge in [-0.25, -0.2) is 14.2 Å². The molecule has 11 heteroatoms. The highest BCUT2D eigenvalue weighted by Crippen LogP contribution is 2.29. The van der Waals surface area contributed by atoms with Crippen LogP contribution in [0.4, 0.5) is 14.9 Å². The molecular weight excluding hydrogens is 467 g/mol. The van der Waals surface area contributed by atoms with Crippen molar-refractivity contribution in [2.45, 2.75) is 32.0 Å². The van der Waals surface area contributed by atoms with Crippen molar-refractivity contribution in [3.63, 3.8) is 0 Å². The van der Waals surface area contributed by atoms with Crippen LogP contribution in [0.5, 0.6) is 0 Å². The standard InChI is InChI=1S/C25H27FN6O4/c1-15(33)29-12-20-13-32(25(35)36-20)19-6-7-21(22(26)9-19)17-4-2-16(3-5-17)10-30-24(34)23(27)8-18-11-28-14-31-18/h2-7,9,11,14,20,23H,8,10,12-13,27H2,1H3,(H,28,31)(H,29,33)(H,30,34). The van der Waals surface area contributed by atoms with Crippen LogP contribution in [-0.4, -0.2) is 53.1 Å². The predicted octanol–water partition coefficient (Wildman–Crippen LogP) is 1.86. The molecule has 1 saturated heterocycles. The lowest BCUT2D eigenvalue weighted by atomic mass is 10.0. The Balaban J connectivity index is 1.34. The number of nitrogens with two attached hydrogens (primary N) is 1. The van der Waals surface area contributed by atoms with Gasteiger partial charge in [0.2, 0.25) is 11.8 Å². The molecule has 2 heterocycles. The summed E-state index contributed by atoms with van der Waals surface area (Å²) in [4.78, 5) is 43.7. The molecule has 5 N–H and O–H groups in total. The van der Waals surface area contributed by atoms with Crippen molar-refractivity contribution in [1.82, 2.24) is 20.6 Å². The molecule has 0 spiro atoms. The largest absolute Gasteiger partial charge is 0.442 e. The van der Waals surface area contributed by atoms with Crippen molar-refractivity contribution in [1.29, 1.82) is 0 Å². The molecule has 0 radical (unpaired) electrons. The first-order chi connectivity index (χ1) is 17.3. The lowest BCUT2D eigenvalue weighted by molar-refractivity contribution is -0.122. The molecule has 0 bridgehead atoms. The monoisotopic (exact) mass is 494 g/mol. The predicted molar refractivity (Wildman–Crippen MR) is 130 cm³/mol. The third kappa shape index (κ3) is 6.05. The SMILES string of the molecule is CC(=O)NCC1CN(c2ccc(-c3ccc(CNC(=O)C(N)Cc4cnc[nH]4)cc3)c(F)c2)C(=O)O1. The van der Waals surface area contributed by atoms with Gasteiger partial charge in [-0.05, 0) is 29.3 Å². The molecule has 1 aromatic heterocycles. The lowest BCUT2D eigenvalue weighted by Crippen LogP contribution is -2.41. The van der Waals surface area contributed by atoms with Crippen molar-refractivity contribution in [2.75, 3.05) is 18.0 Å². The minimum atomic E-state index is -0.703. The first kappa shape index (κ1) is 24.9. The van der Waals surface area contributed by atoms with Crippen LogP contribution >= 0.6 is 0 Å². The Morgan fingerprint density at radius 2 is 2.03 bits per heavy atom. The topological polar surface area (TPSA) is 142 Å². The molecule has 2 unspecified atom stereocenters. The Hall–Kier alpha value is -4.25. The Labute approximate surface area is 207 Å². The van der Waals surface area contributed by atoms with Crippen LogP contribution in [0, 0.1) is 5.82 Å². The van der Waals surface area contributed by atoms with Gasteiger partial charge in [0.05, 0.1) is 31.1 Å². The number of nitrogens with one attached hydrogen (secondary N) is 3. The second-order valence-corrected chi connectivity index (χ2v) is 8.52. The molecule has 0 saturated carbocycles. The van der Waals surface area contributed by atoms with Crippen LogP contribution in [0.3, 0.4) is 0 Å². The maximum absolute atomic E-state index is 15.0. The van der Waals surface area contributed by atoms with Crippen LogP contribution in [0.15, 0.2) is 55.0 Å². The summed E-state index contributed by atoms with van der Waals surface area (Å²) < 4.78 is 20.2. The van der Waals surface area contributed by atoms with E-state index in [2.05, 4.69) is 20.6 Å². The van der Waals surface area contributed by atoms with E-state index >= 15 is 0 Å². The van der Waals surface area contributed by atoms with Gasteiger partial charge in [-0.15, -0.1) is 0 Å². The molecule has 1 aliphatic heterocycles. The molecule has 3 amide bonds. The fourth-order valence-corrected chi connectivity index (χ4v) is 3.85. The Morgan fingerprint density at radius 3 is 2.69 bits per heavy atom. The second kappa shape index (κ2) is 11.0. The van der Waals surface area contributed by atoms with Crippen LogP contribution in [-0.2, 0) is 27.3 Å². The molecule has 1 aliphatic rings. The molecule has 2 atom stereocenters. The summed E-state index contributed by atoms with van der Waals surface area (Å²) in [6, 6.07) is 11.0. The van der Waals surface area contributed by atoms with Gasteiger partial charge >= 0.3 is 6.09 Å². The minimum absolute atomic E-state index is 0.196. The van der Waals surface area contributed by atoms with Crippen molar-refractivity contribution in [3.05, 3.63) is 72.1 Å². The number of hydrogen-bond donors (Lipinski definition) is 4. The summed E-state index contributed by atoms with van der Waals surface area (Å²) >= 11 is 0. The van der Waals surface area contributed by atoms with Crippen LogP contribution in [0.1, 0.15) is 18.2 Å². The highest BCUT2D eigenvalue weighted by atomic mass is 19.1. The smallest absolute Gasteiger partial charge is 0.414 e. The number of cyclic esters (lactones) is 1. The number of H-pyrrole nitrogens is 1. The quantitative estimate of drug-likeness (QED) is 0.358. The third-order valence-corrected chi connectivity index (χ3v) is 5.78. The summed E-state index contributed by atoms with van der Waals surface area (Å²) in [6.07, 6.45) is 2.42. The number of aromatic nitrogens is 2. The van der Waals surface area contributed by atoms with Crippen LogP contribution in [0.25, 0.3) is 11.1 Å². The molecule has 36 heavy (non-hydrogen) atoms. The number of carbonyl (C=O) groups excluding carboxylic acids is 3. The first-order valence-corrected chi connectivity index (χ1v) is 11.4. The molecule has 188 valence electrons. The van der Waals surface area contributed by atoms with Gasteiger partial charge in [0.1, 0.15) is 11.9 Å². The number of rotatable bonds is 9. The normalized spacial score (nSPS) is 15.9. The maximum atomic E-state index is 15.0. The Kier molecular flexibility index (Phi) is 7.59. The van der Waals surface area contributed by atoms with E-state index in [4.69, 9.17) is 10.5 Å². The van der Waals surface area contributed by atoms with E-state index in [-0.39, 0.29) is 31.4 Å². The van der Waals surface area contributed by atoms with Crippen LogP contribution < -0.4 is 21.3 Å². The van der Waals surface area contributed by atoms with Gasteiger partial charge in [-0.1, -0.05) is 24.3 Å². The number of hydrogen-bond acceptors (Lipinski definition) is 6. The number of halogens is 1. The fourth-order valence-electron chi connectivity index (χ4n) is 3.85. The zero-order chi connectivity index (χ0) is 25.7. The summed E-state index contributed by atoms with van der Waals surface area (Å²) in [6.45, 7) is 2.07. The summed E-state index contributed by atoms with van der Waals surface area (Å²) in [5.74, 6) is -0.992. The number of benzene rings is 2. The van der Waals surface area contributed by atoms with Gasteiger partial charge < -0.3 is 26.1 Å². The minimum Gasteiger partial charge on any atom is -0.442 e. The molecule has 3 aromatic rings. The number of imidazole rings is 1. The maximum Gasteiger partial charge on any atom is 0.414 e. The number of carbonyl (C=O) groups is 3. The van der Waals surface area contributed by atoms with E-state index in [0.29, 0.717) is 23.2 Å². The van der Waals surface area contributed by atoms with E-state index < -0.39 is 24.1 Å². The average molecular weight is 495 g/mol. The fraction of sp³-hybridized carbons (Fsp3) is 0.280. The Bertz CT molecular complexity index is 1230. The average Bonchev–Trinajstić information content (AvgIpc) is 3.51. The number of ether oxygens (including phenoxy) is 1. The lowest BCUT2D eigenvalue weighted by Gasteiger charge is -2.15. The second-order valence-electron chi connectivity index (χ2n) is 8.52. The van der Waals surface area contributed by atoms with E-state index in [1.165, 1.54) is 24.2 Å². The number of nitrogens with zero attached hydrogens (tertiary/aromatic N) is 2.